The normalized spacial score (nSPS) is 14.5. The number of sulfone groups is 1. The summed E-state index contributed by atoms with van der Waals surface area (Å²) in [6, 6.07) is 2.36. The second kappa shape index (κ2) is 8.25. The molecule has 154 valence electrons. The Morgan fingerprint density at radius 2 is 1.90 bits per heavy atom. The van der Waals surface area contributed by atoms with Gasteiger partial charge in [0.25, 0.3) is 0 Å². The summed E-state index contributed by atoms with van der Waals surface area (Å²) in [6.45, 7) is 0. The van der Waals surface area contributed by atoms with Crippen LogP contribution in [0.1, 0.15) is 46.5 Å². The lowest BCUT2D eigenvalue weighted by Crippen LogP contribution is -2.23. The van der Waals surface area contributed by atoms with Crippen molar-refractivity contribution in [3.8, 4) is 0 Å². The van der Waals surface area contributed by atoms with E-state index in [1.807, 2.05) is 0 Å². The monoisotopic (exact) mass is 438 g/mol. The molecule has 0 saturated heterocycles. The number of carbonyl (C=O) groups excluding carboxylic acids is 2. The van der Waals surface area contributed by atoms with Gasteiger partial charge in [0.2, 0.25) is 0 Å². The van der Waals surface area contributed by atoms with Crippen LogP contribution < -0.4 is 10.6 Å². The van der Waals surface area contributed by atoms with Gasteiger partial charge in [0.05, 0.1) is 5.56 Å². The smallest absolute Gasteiger partial charge is 0.356 e. The van der Waals surface area contributed by atoms with Gasteiger partial charge in [-0.2, -0.15) is 0 Å². The molecule has 0 spiro atoms. The third-order valence-corrected chi connectivity index (χ3v) is 7.18. The summed E-state index contributed by atoms with van der Waals surface area (Å²) in [5.41, 5.74) is -0.375. The molecule has 1 aliphatic carbocycles. The number of nitrogens with one attached hydrogen (secondary N) is 2. The summed E-state index contributed by atoms with van der Waals surface area (Å²) >= 11 is 0.525. The Bertz CT molecular complexity index is 1070. The molecule has 1 saturated carbocycles. The quantitative estimate of drug-likeness (QED) is 0.581. The van der Waals surface area contributed by atoms with E-state index < -0.39 is 31.7 Å². The number of carbonyl (C=O) groups is 3. The molecule has 0 aromatic carbocycles. The Hall–Kier alpha value is -2.86. The standard InChI is InChI=1S/C17H18N4O6S2/c1-29(26,27)15-11(14(23)24)19-17(28-15)21-16(25)20-13-10(7-4-8-18-13)12(22)9-5-2-3-6-9/h4,7-9H,2-3,5-6H2,1H3,(H,23,24)(H2,18,19,20,21,25). The zero-order valence-electron chi connectivity index (χ0n) is 15.3. The van der Waals surface area contributed by atoms with Crippen molar-refractivity contribution < 1.29 is 27.9 Å². The van der Waals surface area contributed by atoms with Gasteiger partial charge >= 0.3 is 12.0 Å². The molecule has 29 heavy (non-hydrogen) atoms. The number of carboxylic acids is 1. The molecule has 12 heteroatoms. The number of pyridine rings is 1. The van der Waals surface area contributed by atoms with E-state index in [1.165, 1.54) is 6.20 Å². The number of aromatic nitrogens is 2. The summed E-state index contributed by atoms with van der Waals surface area (Å²) in [6.07, 6.45) is 5.84. The molecular weight excluding hydrogens is 420 g/mol. The molecule has 10 nitrogen and oxygen atoms in total. The number of urea groups is 1. The molecule has 2 aromatic rings. The summed E-state index contributed by atoms with van der Waals surface area (Å²) in [5.74, 6) is -1.64. The van der Waals surface area contributed by atoms with Crippen LogP contribution in [0.25, 0.3) is 0 Å². The minimum Gasteiger partial charge on any atom is -0.476 e. The van der Waals surface area contributed by atoms with Crippen LogP contribution in [-0.4, -0.2) is 47.5 Å². The molecule has 2 aromatic heterocycles. The van der Waals surface area contributed by atoms with Gasteiger partial charge in [0, 0.05) is 18.4 Å². The predicted octanol–water partition coefficient (Wildman–Crippen LogP) is 2.66. The van der Waals surface area contributed by atoms with Crippen LogP contribution >= 0.6 is 11.3 Å². The van der Waals surface area contributed by atoms with Gasteiger partial charge in [-0.25, -0.2) is 28.0 Å². The average molecular weight is 438 g/mol. The van der Waals surface area contributed by atoms with Gasteiger partial charge < -0.3 is 5.11 Å². The first-order valence-electron chi connectivity index (χ1n) is 8.68. The number of amides is 2. The zero-order valence-corrected chi connectivity index (χ0v) is 17.0. The van der Waals surface area contributed by atoms with Crippen molar-refractivity contribution in [2.75, 3.05) is 16.9 Å². The highest BCUT2D eigenvalue weighted by Crippen LogP contribution is 2.30. The predicted molar refractivity (Wildman–Crippen MR) is 105 cm³/mol. The lowest BCUT2D eigenvalue weighted by molar-refractivity contribution is 0.0687. The van der Waals surface area contributed by atoms with E-state index in [-0.39, 0.29) is 28.2 Å². The summed E-state index contributed by atoms with van der Waals surface area (Å²) in [4.78, 5) is 43.9. The molecule has 0 aliphatic heterocycles. The first-order chi connectivity index (χ1) is 13.7. The highest BCUT2D eigenvalue weighted by atomic mass is 32.2. The maximum Gasteiger partial charge on any atom is 0.356 e. The molecule has 3 rings (SSSR count). The fourth-order valence-electron chi connectivity index (χ4n) is 3.09. The van der Waals surface area contributed by atoms with Crippen molar-refractivity contribution in [2.45, 2.75) is 29.9 Å². The molecule has 1 aliphatic rings. The van der Waals surface area contributed by atoms with E-state index in [0.717, 1.165) is 31.9 Å². The second-order valence-electron chi connectivity index (χ2n) is 6.56. The molecule has 3 N–H and O–H groups in total. The van der Waals surface area contributed by atoms with Crippen LogP contribution in [-0.2, 0) is 9.84 Å². The van der Waals surface area contributed by atoms with Gasteiger partial charge in [0.1, 0.15) is 5.82 Å². The maximum absolute atomic E-state index is 12.7. The molecule has 0 radical (unpaired) electrons. The van der Waals surface area contributed by atoms with Gasteiger partial charge in [0.15, 0.2) is 30.7 Å². The van der Waals surface area contributed by atoms with Crippen molar-refractivity contribution in [2.24, 2.45) is 5.92 Å². The van der Waals surface area contributed by atoms with E-state index in [4.69, 9.17) is 5.11 Å². The highest BCUT2D eigenvalue weighted by molar-refractivity contribution is 7.93. The number of ketones is 1. The Labute approximate surface area is 170 Å². The number of rotatable bonds is 6. The van der Waals surface area contributed by atoms with Gasteiger partial charge in [-0.15, -0.1) is 0 Å². The van der Waals surface area contributed by atoms with Crippen molar-refractivity contribution in [1.82, 2.24) is 9.97 Å². The van der Waals surface area contributed by atoms with Gasteiger partial charge in [-0.1, -0.05) is 24.2 Å². The van der Waals surface area contributed by atoms with Crippen LogP contribution in [0.15, 0.2) is 22.5 Å². The van der Waals surface area contributed by atoms with E-state index in [2.05, 4.69) is 20.6 Å². The topological polar surface area (TPSA) is 155 Å². The summed E-state index contributed by atoms with van der Waals surface area (Å²) in [5, 5.41) is 13.6. The third kappa shape index (κ3) is 4.77. The number of nitrogens with zero attached hydrogens (tertiary/aromatic N) is 2. The van der Waals surface area contributed by atoms with Crippen LogP contribution in [0.2, 0.25) is 0 Å². The van der Waals surface area contributed by atoms with E-state index in [9.17, 15) is 22.8 Å². The minimum absolute atomic E-state index is 0.0697. The van der Waals surface area contributed by atoms with Crippen LogP contribution in [0.5, 0.6) is 0 Å². The lowest BCUT2D eigenvalue weighted by Gasteiger charge is -2.12. The third-order valence-electron chi connectivity index (χ3n) is 4.39. The highest BCUT2D eigenvalue weighted by Gasteiger charge is 2.28. The molecule has 0 atom stereocenters. The van der Waals surface area contributed by atoms with Crippen molar-refractivity contribution in [1.29, 1.82) is 0 Å². The first-order valence-corrected chi connectivity index (χ1v) is 11.4. The molecule has 2 heterocycles. The second-order valence-corrected chi connectivity index (χ2v) is 9.77. The minimum atomic E-state index is -3.83. The van der Waals surface area contributed by atoms with Gasteiger partial charge in [-0.05, 0) is 25.0 Å². The molecular formula is C17H18N4O6S2. The van der Waals surface area contributed by atoms with Gasteiger partial charge in [-0.3, -0.25) is 15.4 Å². The van der Waals surface area contributed by atoms with E-state index in [1.54, 1.807) is 12.1 Å². The lowest BCUT2D eigenvalue weighted by atomic mass is 9.97. The molecule has 0 unspecified atom stereocenters. The maximum atomic E-state index is 12.7. The summed E-state index contributed by atoms with van der Waals surface area (Å²) < 4.78 is 23.0. The van der Waals surface area contributed by atoms with E-state index in [0.29, 0.717) is 11.3 Å². The number of thiazole rings is 1. The Kier molecular flexibility index (Phi) is 5.94. The fraction of sp³-hybridized carbons (Fsp3) is 0.353. The van der Waals surface area contributed by atoms with Crippen LogP contribution in [0.4, 0.5) is 15.7 Å². The van der Waals surface area contributed by atoms with E-state index >= 15 is 0 Å². The number of hydrogen-bond acceptors (Lipinski definition) is 8. The fourth-order valence-corrected chi connectivity index (χ4v) is 5.11. The zero-order chi connectivity index (χ0) is 21.2. The Morgan fingerprint density at radius 3 is 2.48 bits per heavy atom. The number of hydrogen-bond donors (Lipinski definition) is 3. The number of Topliss-reactive ketones (excluding diaryl/α,β-unsaturated/α-hetero) is 1. The number of carboxylic acid groups (broad SMARTS) is 1. The Balaban J connectivity index is 1.79. The largest absolute Gasteiger partial charge is 0.476 e. The van der Waals surface area contributed by atoms with Crippen molar-refractivity contribution in [3.05, 3.63) is 29.6 Å². The average Bonchev–Trinajstić information content (AvgIpc) is 3.31. The summed E-state index contributed by atoms with van der Waals surface area (Å²) in [7, 11) is -3.83. The Morgan fingerprint density at radius 1 is 1.21 bits per heavy atom. The molecule has 2 amide bonds. The van der Waals surface area contributed by atoms with Crippen LogP contribution in [0, 0.1) is 5.92 Å². The van der Waals surface area contributed by atoms with Crippen LogP contribution in [0.3, 0.4) is 0 Å². The number of aromatic carboxylic acids is 1. The molecule has 0 bridgehead atoms. The van der Waals surface area contributed by atoms with Crippen molar-refractivity contribution >= 4 is 49.9 Å². The first kappa shape index (κ1) is 20.9. The SMILES string of the molecule is CS(=O)(=O)c1sc(NC(=O)Nc2ncccc2C(=O)C2CCCC2)nc1C(=O)O. The van der Waals surface area contributed by atoms with Crippen molar-refractivity contribution in [3.63, 3.8) is 0 Å². The molecule has 1 fully saturated rings. The number of anilines is 2.